The summed E-state index contributed by atoms with van der Waals surface area (Å²) in [6, 6.07) is 16.5. The number of anilines is 2. The van der Waals surface area contributed by atoms with Crippen molar-refractivity contribution in [2.45, 2.75) is 18.2 Å². The Morgan fingerprint density at radius 3 is 2.38 bits per heavy atom. The second-order valence-corrected chi connectivity index (χ2v) is 8.43. The summed E-state index contributed by atoms with van der Waals surface area (Å²) in [5.41, 5.74) is 1.11. The van der Waals surface area contributed by atoms with Gasteiger partial charge in [-0.2, -0.15) is 0 Å². The van der Waals surface area contributed by atoms with Crippen molar-refractivity contribution in [3.05, 3.63) is 78.1 Å². The van der Waals surface area contributed by atoms with Gasteiger partial charge in [0.25, 0.3) is 10.0 Å². The number of benzene rings is 3. The van der Waals surface area contributed by atoms with E-state index in [1.807, 2.05) is 6.92 Å². The Bertz CT molecular complexity index is 1200. The first-order valence-electron chi connectivity index (χ1n) is 9.78. The predicted octanol–water partition coefficient (Wildman–Crippen LogP) is 4.22. The summed E-state index contributed by atoms with van der Waals surface area (Å²) >= 11 is 0. The van der Waals surface area contributed by atoms with Gasteiger partial charge >= 0.3 is 0 Å². The summed E-state index contributed by atoms with van der Waals surface area (Å²) in [6.07, 6.45) is -0.0592. The van der Waals surface area contributed by atoms with Crippen LogP contribution in [0.1, 0.15) is 12.5 Å². The van der Waals surface area contributed by atoms with Gasteiger partial charge in [-0.15, -0.1) is 0 Å². The Morgan fingerprint density at radius 1 is 1.00 bits per heavy atom. The summed E-state index contributed by atoms with van der Waals surface area (Å²) in [5, 5.41) is 2.63. The monoisotopic (exact) mass is 458 g/mol. The van der Waals surface area contributed by atoms with Crippen molar-refractivity contribution in [2.75, 3.05) is 23.8 Å². The Hall–Kier alpha value is -3.59. The molecule has 2 N–H and O–H groups in total. The van der Waals surface area contributed by atoms with Crippen LogP contribution in [0, 0.1) is 5.82 Å². The molecule has 0 heterocycles. The van der Waals surface area contributed by atoms with E-state index in [4.69, 9.17) is 9.47 Å². The van der Waals surface area contributed by atoms with Crippen LogP contribution in [0.5, 0.6) is 11.5 Å². The molecule has 32 heavy (non-hydrogen) atoms. The average molecular weight is 459 g/mol. The first-order valence-corrected chi connectivity index (χ1v) is 11.3. The second-order valence-electron chi connectivity index (χ2n) is 6.78. The number of nitrogens with one attached hydrogen (secondary N) is 2. The summed E-state index contributed by atoms with van der Waals surface area (Å²) in [6.45, 7) is 2.35. The molecule has 7 nitrogen and oxygen atoms in total. The van der Waals surface area contributed by atoms with Gasteiger partial charge in [0.05, 0.1) is 20.1 Å². The molecule has 0 unspecified atom stereocenters. The van der Waals surface area contributed by atoms with Gasteiger partial charge in [0, 0.05) is 11.4 Å². The highest BCUT2D eigenvalue weighted by atomic mass is 32.2. The molecular formula is C23H23FN2O5S. The van der Waals surface area contributed by atoms with Crippen LogP contribution in [0.3, 0.4) is 0 Å². The number of rotatable bonds is 9. The fourth-order valence-electron chi connectivity index (χ4n) is 3.00. The number of sulfonamides is 1. The maximum atomic E-state index is 13.3. The summed E-state index contributed by atoms with van der Waals surface area (Å²) in [7, 11) is -2.67. The van der Waals surface area contributed by atoms with Crippen molar-refractivity contribution in [3.8, 4) is 11.5 Å². The van der Waals surface area contributed by atoms with Gasteiger partial charge in [-0.1, -0.05) is 12.1 Å². The summed E-state index contributed by atoms with van der Waals surface area (Å²) in [5.74, 6) is -0.111. The van der Waals surface area contributed by atoms with Crippen LogP contribution in [0.15, 0.2) is 71.6 Å². The van der Waals surface area contributed by atoms with E-state index in [2.05, 4.69) is 10.0 Å². The number of methoxy groups -OCH3 is 1. The number of halogens is 1. The number of hydrogen-bond acceptors (Lipinski definition) is 5. The normalized spacial score (nSPS) is 11.0. The molecule has 0 aromatic heterocycles. The minimum atomic E-state index is -4.02. The van der Waals surface area contributed by atoms with E-state index in [1.54, 1.807) is 30.3 Å². The van der Waals surface area contributed by atoms with Crippen molar-refractivity contribution in [1.29, 1.82) is 0 Å². The second kappa shape index (κ2) is 10.1. The highest BCUT2D eigenvalue weighted by molar-refractivity contribution is 7.92. The van der Waals surface area contributed by atoms with E-state index in [0.29, 0.717) is 23.6 Å². The zero-order chi connectivity index (χ0) is 23.1. The van der Waals surface area contributed by atoms with Crippen LogP contribution in [-0.4, -0.2) is 28.0 Å². The average Bonchev–Trinajstić information content (AvgIpc) is 2.75. The molecule has 0 saturated carbocycles. The highest BCUT2D eigenvalue weighted by Gasteiger charge is 2.21. The third-order valence-electron chi connectivity index (χ3n) is 4.41. The third-order valence-corrected chi connectivity index (χ3v) is 5.81. The van der Waals surface area contributed by atoms with E-state index in [9.17, 15) is 17.6 Å². The Morgan fingerprint density at radius 2 is 1.72 bits per heavy atom. The number of amides is 1. The maximum Gasteiger partial charge on any atom is 0.265 e. The van der Waals surface area contributed by atoms with Gasteiger partial charge in [0.2, 0.25) is 5.91 Å². The van der Waals surface area contributed by atoms with E-state index in [-0.39, 0.29) is 22.8 Å². The molecule has 0 saturated heterocycles. The van der Waals surface area contributed by atoms with Gasteiger partial charge in [-0.25, -0.2) is 12.8 Å². The summed E-state index contributed by atoms with van der Waals surface area (Å²) < 4.78 is 52.3. The quantitative estimate of drug-likeness (QED) is 0.501. The molecule has 3 aromatic rings. The van der Waals surface area contributed by atoms with E-state index in [1.165, 1.54) is 43.5 Å². The van der Waals surface area contributed by atoms with Crippen molar-refractivity contribution in [1.82, 2.24) is 0 Å². The number of carbonyl (C=O) groups excluding carboxylic acids is 1. The van der Waals surface area contributed by atoms with Gasteiger partial charge < -0.3 is 14.8 Å². The van der Waals surface area contributed by atoms with Crippen molar-refractivity contribution < 1.29 is 27.1 Å². The van der Waals surface area contributed by atoms with Crippen molar-refractivity contribution in [2.24, 2.45) is 0 Å². The number of carbonyl (C=O) groups is 1. The molecule has 0 spiro atoms. The van der Waals surface area contributed by atoms with E-state index >= 15 is 0 Å². The minimum Gasteiger partial charge on any atom is -0.495 e. The molecule has 3 aromatic carbocycles. The molecule has 0 bridgehead atoms. The topological polar surface area (TPSA) is 93.7 Å². The lowest BCUT2D eigenvalue weighted by Crippen LogP contribution is -2.17. The summed E-state index contributed by atoms with van der Waals surface area (Å²) in [4.78, 5) is 12.2. The largest absolute Gasteiger partial charge is 0.495 e. The zero-order valence-corrected chi connectivity index (χ0v) is 18.4. The SMILES string of the molecule is CCOc1ccc(NS(=O)(=O)c2cc(NC(=O)Cc3cccc(F)c3)ccc2OC)cc1. The molecule has 0 aliphatic carbocycles. The minimum absolute atomic E-state index is 0.0592. The molecule has 9 heteroatoms. The highest BCUT2D eigenvalue weighted by Crippen LogP contribution is 2.29. The zero-order valence-electron chi connectivity index (χ0n) is 17.6. The Balaban J connectivity index is 1.79. The number of ether oxygens (including phenoxy) is 2. The molecule has 3 rings (SSSR count). The lowest BCUT2D eigenvalue weighted by Gasteiger charge is -2.14. The van der Waals surface area contributed by atoms with Gasteiger partial charge in [0.1, 0.15) is 22.2 Å². The van der Waals surface area contributed by atoms with Gasteiger partial charge in [-0.05, 0) is 67.1 Å². The van der Waals surface area contributed by atoms with Crippen molar-refractivity contribution >= 4 is 27.3 Å². The Kier molecular flexibility index (Phi) is 7.32. The van der Waals surface area contributed by atoms with Gasteiger partial charge in [0.15, 0.2) is 0 Å². The van der Waals surface area contributed by atoms with Crippen LogP contribution in [0.2, 0.25) is 0 Å². The van der Waals surface area contributed by atoms with Crippen LogP contribution in [-0.2, 0) is 21.2 Å². The Labute approximate surface area is 186 Å². The molecule has 0 atom stereocenters. The third kappa shape index (κ3) is 5.98. The van der Waals surface area contributed by atoms with Gasteiger partial charge in [-0.3, -0.25) is 9.52 Å². The standard InChI is InChI=1S/C23H23FN2O5S/c1-3-31-20-10-7-18(8-11-20)26-32(28,29)22-15-19(9-12-21(22)30-2)25-23(27)14-16-5-4-6-17(24)13-16/h4-13,15,26H,3,14H2,1-2H3,(H,25,27). The molecule has 0 radical (unpaired) electrons. The smallest absolute Gasteiger partial charge is 0.265 e. The molecule has 0 fully saturated rings. The van der Waals surface area contributed by atoms with Crippen LogP contribution < -0.4 is 19.5 Å². The van der Waals surface area contributed by atoms with Crippen LogP contribution >= 0.6 is 0 Å². The first kappa shape index (κ1) is 23.1. The van der Waals surface area contributed by atoms with Crippen LogP contribution in [0.4, 0.5) is 15.8 Å². The molecule has 168 valence electrons. The lowest BCUT2D eigenvalue weighted by molar-refractivity contribution is -0.115. The first-order chi connectivity index (χ1) is 15.3. The van der Waals surface area contributed by atoms with E-state index in [0.717, 1.165) is 0 Å². The molecule has 0 aliphatic heterocycles. The molecular weight excluding hydrogens is 435 g/mol. The number of hydrogen-bond donors (Lipinski definition) is 2. The maximum absolute atomic E-state index is 13.3. The molecule has 1 amide bonds. The lowest BCUT2D eigenvalue weighted by atomic mass is 10.1. The van der Waals surface area contributed by atoms with Crippen LogP contribution in [0.25, 0.3) is 0 Å². The fraction of sp³-hybridized carbons (Fsp3) is 0.174. The van der Waals surface area contributed by atoms with Crippen molar-refractivity contribution in [3.63, 3.8) is 0 Å². The fourth-order valence-corrected chi connectivity index (χ4v) is 4.25. The molecule has 0 aliphatic rings. The van der Waals surface area contributed by atoms with E-state index < -0.39 is 21.7 Å². The predicted molar refractivity (Wildman–Crippen MR) is 120 cm³/mol.